The Labute approximate surface area is 149 Å². The van der Waals surface area contributed by atoms with Gasteiger partial charge < -0.3 is 9.40 Å². The normalized spacial score (nSPS) is 14.3. The van der Waals surface area contributed by atoms with Gasteiger partial charge in [-0.2, -0.15) is 0 Å². The van der Waals surface area contributed by atoms with Crippen molar-refractivity contribution < 1.29 is 19.2 Å². The first-order valence-corrected chi connectivity index (χ1v) is 9.34. The van der Waals surface area contributed by atoms with Crippen LogP contribution in [0.2, 0.25) is 0 Å². The van der Waals surface area contributed by atoms with Gasteiger partial charge in [0, 0.05) is 38.2 Å². The summed E-state index contributed by atoms with van der Waals surface area (Å²) in [5.74, 6) is -1.33. The van der Waals surface area contributed by atoms with Crippen LogP contribution < -0.4 is 0 Å². The molecule has 0 N–H and O–H groups in total. The summed E-state index contributed by atoms with van der Waals surface area (Å²) >= 11 is 0. The highest BCUT2D eigenvalue weighted by Gasteiger charge is 2.32. The Morgan fingerprint density at radius 2 is 1.36 bits per heavy atom. The maximum Gasteiger partial charge on any atom is 0.333 e. The van der Waals surface area contributed by atoms with E-state index in [0.717, 1.165) is 25.8 Å². The van der Waals surface area contributed by atoms with Crippen LogP contribution in [0.1, 0.15) is 70.6 Å². The molecule has 0 spiro atoms. The second-order valence-corrected chi connectivity index (χ2v) is 6.54. The van der Waals surface area contributed by atoms with Crippen molar-refractivity contribution in [1.29, 1.82) is 0 Å². The first-order valence-electron chi connectivity index (χ1n) is 9.34. The fourth-order valence-corrected chi connectivity index (χ4v) is 2.95. The van der Waals surface area contributed by atoms with Crippen LogP contribution in [-0.2, 0) is 25.8 Å². The number of hydrogen-bond acceptors (Lipinski definition) is 4. The molecule has 0 aromatic carbocycles. The molecule has 0 radical (unpaired) electrons. The zero-order valence-electron chi connectivity index (χ0n) is 14.8. The third-order valence-electron chi connectivity index (χ3n) is 4.41. The molecule has 1 aromatic rings. The molecule has 1 saturated heterocycles. The molecule has 2 heterocycles. The van der Waals surface area contributed by atoms with E-state index in [2.05, 4.69) is 29.1 Å². The van der Waals surface area contributed by atoms with Gasteiger partial charge in [0.15, 0.2) is 0 Å². The number of aromatic nitrogens is 1. The van der Waals surface area contributed by atoms with Gasteiger partial charge in [0.25, 0.3) is 11.8 Å². The summed E-state index contributed by atoms with van der Waals surface area (Å²) in [4.78, 5) is 39.1. The standard InChI is InChI=1S/C19H28N2O4/c22-17-12-13-18(23)21(17)25-19(24)11-7-5-3-1-2-4-6-8-14-20-15-9-10-16-20/h9-10,15-16H,1-8,11-14H2. The summed E-state index contributed by atoms with van der Waals surface area (Å²) in [6.07, 6.45) is 13.7. The minimum absolute atomic E-state index is 0.136. The van der Waals surface area contributed by atoms with Gasteiger partial charge in [-0.05, 0) is 25.0 Å². The maximum absolute atomic E-state index is 11.6. The molecule has 25 heavy (non-hydrogen) atoms. The van der Waals surface area contributed by atoms with Gasteiger partial charge >= 0.3 is 5.97 Å². The molecule has 0 bridgehead atoms. The van der Waals surface area contributed by atoms with Crippen molar-refractivity contribution in [3.05, 3.63) is 24.5 Å². The van der Waals surface area contributed by atoms with Crippen LogP contribution in [0.3, 0.4) is 0 Å². The van der Waals surface area contributed by atoms with Gasteiger partial charge in [0.2, 0.25) is 0 Å². The van der Waals surface area contributed by atoms with Crippen molar-refractivity contribution >= 4 is 17.8 Å². The molecule has 1 fully saturated rings. The average molecular weight is 348 g/mol. The Hall–Kier alpha value is -2.11. The lowest BCUT2D eigenvalue weighted by molar-refractivity contribution is -0.197. The molecule has 1 aliphatic rings. The summed E-state index contributed by atoms with van der Waals surface area (Å²) in [5.41, 5.74) is 0. The molecule has 1 aromatic heterocycles. The first kappa shape index (κ1) is 19.2. The number of unbranched alkanes of at least 4 members (excludes halogenated alkanes) is 7. The lowest BCUT2D eigenvalue weighted by Gasteiger charge is -2.12. The van der Waals surface area contributed by atoms with Crippen molar-refractivity contribution in [3.8, 4) is 0 Å². The zero-order valence-corrected chi connectivity index (χ0v) is 14.8. The number of aryl methyl sites for hydroxylation is 1. The van der Waals surface area contributed by atoms with Crippen molar-refractivity contribution in [1.82, 2.24) is 9.63 Å². The van der Waals surface area contributed by atoms with Crippen LogP contribution in [0.25, 0.3) is 0 Å². The van der Waals surface area contributed by atoms with Gasteiger partial charge in [-0.1, -0.05) is 38.5 Å². The van der Waals surface area contributed by atoms with Gasteiger partial charge in [0.1, 0.15) is 0 Å². The van der Waals surface area contributed by atoms with Crippen molar-refractivity contribution in [3.63, 3.8) is 0 Å². The molecule has 0 saturated carbocycles. The third kappa shape index (κ3) is 7.11. The number of hydrogen-bond donors (Lipinski definition) is 0. The smallest absolute Gasteiger partial charge is 0.333 e. The fourth-order valence-electron chi connectivity index (χ4n) is 2.95. The van der Waals surface area contributed by atoms with E-state index < -0.39 is 17.8 Å². The highest BCUT2D eigenvalue weighted by molar-refractivity contribution is 6.01. The molecule has 0 atom stereocenters. The second kappa shape index (κ2) is 10.7. The molecular weight excluding hydrogens is 320 g/mol. The van der Waals surface area contributed by atoms with Crippen LogP contribution in [0, 0.1) is 0 Å². The summed E-state index contributed by atoms with van der Waals surface area (Å²) in [5, 5.41) is 0.621. The third-order valence-corrected chi connectivity index (χ3v) is 4.41. The predicted octanol–water partition coefficient (Wildman–Crippen LogP) is 3.61. The van der Waals surface area contributed by atoms with E-state index in [4.69, 9.17) is 4.84 Å². The monoisotopic (exact) mass is 348 g/mol. The fraction of sp³-hybridized carbons (Fsp3) is 0.632. The molecular formula is C19H28N2O4. The van der Waals surface area contributed by atoms with Crippen LogP contribution >= 0.6 is 0 Å². The number of carbonyl (C=O) groups excluding carboxylic acids is 3. The summed E-state index contributed by atoms with van der Waals surface area (Å²) in [6.45, 7) is 1.09. The van der Waals surface area contributed by atoms with Gasteiger partial charge in [-0.15, -0.1) is 5.06 Å². The first-order chi connectivity index (χ1) is 12.2. The lowest BCUT2D eigenvalue weighted by Crippen LogP contribution is -2.31. The number of rotatable bonds is 12. The second-order valence-electron chi connectivity index (χ2n) is 6.54. The highest BCUT2D eigenvalue weighted by atomic mass is 16.7. The number of hydroxylamine groups is 2. The van der Waals surface area contributed by atoms with Crippen molar-refractivity contribution in [2.45, 2.75) is 77.2 Å². The molecule has 2 rings (SSSR count). The maximum atomic E-state index is 11.6. The Balaban J connectivity index is 1.38. The molecule has 6 heteroatoms. The molecule has 0 unspecified atom stereocenters. The van der Waals surface area contributed by atoms with Gasteiger partial charge in [-0.3, -0.25) is 9.59 Å². The predicted molar refractivity (Wildman–Crippen MR) is 93.2 cm³/mol. The molecule has 6 nitrogen and oxygen atoms in total. The van der Waals surface area contributed by atoms with Gasteiger partial charge in [0.05, 0.1) is 0 Å². The lowest BCUT2D eigenvalue weighted by atomic mass is 10.1. The van der Waals surface area contributed by atoms with Crippen LogP contribution in [0.15, 0.2) is 24.5 Å². The topological polar surface area (TPSA) is 68.6 Å². The summed E-state index contributed by atoms with van der Waals surface area (Å²) in [6, 6.07) is 4.10. The number of nitrogens with zero attached hydrogens (tertiary/aromatic N) is 2. The number of carbonyl (C=O) groups is 3. The zero-order chi connectivity index (χ0) is 17.9. The van der Waals surface area contributed by atoms with E-state index in [-0.39, 0.29) is 19.3 Å². The van der Waals surface area contributed by atoms with Crippen LogP contribution in [0.4, 0.5) is 0 Å². The van der Waals surface area contributed by atoms with E-state index in [0.29, 0.717) is 5.06 Å². The molecule has 2 amide bonds. The minimum Gasteiger partial charge on any atom is -0.354 e. The number of amides is 2. The quantitative estimate of drug-likeness (QED) is 0.427. The minimum atomic E-state index is -0.492. The van der Waals surface area contributed by atoms with E-state index in [1.54, 1.807) is 0 Å². The Morgan fingerprint density at radius 3 is 1.96 bits per heavy atom. The number of imide groups is 1. The van der Waals surface area contributed by atoms with Crippen LogP contribution in [-0.4, -0.2) is 27.4 Å². The summed E-state index contributed by atoms with van der Waals surface area (Å²) < 4.78 is 2.21. The van der Waals surface area contributed by atoms with Gasteiger partial charge in [-0.25, -0.2) is 4.79 Å². The Bertz CT molecular complexity index is 538. The molecule has 1 aliphatic heterocycles. The Morgan fingerprint density at radius 1 is 0.840 bits per heavy atom. The average Bonchev–Trinajstić information content (AvgIpc) is 3.22. The van der Waals surface area contributed by atoms with Crippen molar-refractivity contribution in [2.24, 2.45) is 0 Å². The van der Waals surface area contributed by atoms with E-state index in [1.165, 1.54) is 32.1 Å². The SMILES string of the molecule is O=C(CCCCCCCCCCn1cccc1)ON1C(=O)CCC1=O. The van der Waals surface area contributed by atoms with E-state index in [9.17, 15) is 14.4 Å². The molecule has 138 valence electrons. The largest absolute Gasteiger partial charge is 0.354 e. The van der Waals surface area contributed by atoms with Crippen LogP contribution in [0.5, 0.6) is 0 Å². The van der Waals surface area contributed by atoms with E-state index >= 15 is 0 Å². The highest BCUT2D eigenvalue weighted by Crippen LogP contribution is 2.14. The van der Waals surface area contributed by atoms with Crippen molar-refractivity contribution in [2.75, 3.05) is 0 Å². The summed E-state index contributed by atoms with van der Waals surface area (Å²) in [7, 11) is 0. The molecule has 0 aliphatic carbocycles. The Kier molecular flexibility index (Phi) is 8.22. The van der Waals surface area contributed by atoms with E-state index in [1.807, 2.05) is 0 Å².